The smallest absolute Gasteiger partial charge is 0.181 e. The van der Waals surface area contributed by atoms with Crippen molar-refractivity contribution in [2.45, 2.75) is 19.8 Å². The molecule has 2 heterocycles. The van der Waals surface area contributed by atoms with Gasteiger partial charge in [-0.05, 0) is 40.6 Å². The summed E-state index contributed by atoms with van der Waals surface area (Å²) in [6, 6.07) is 3.53. The maximum atomic E-state index is 6.14. The van der Waals surface area contributed by atoms with Crippen LogP contribution in [0, 0.1) is 3.57 Å². The predicted molar refractivity (Wildman–Crippen MR) is 82.1 cm³/mol. The number of rotatable bonds is 2. The van der Waals surface area contributed by atoms with Crippen LogP contribution in [0.1, 0.15) is 25.5 Å². The molecule has 0 saturated carbocycles. The standard InChI is InChI=1S/C12H10Cl2IN3/c1-6(2)9-8(15)11(14)18-12(17-9)10-7(13)4-3-5-16-10/h3-6H,1-2H3. The zero-order chi connectivity index (χ0) is 13.3. The summed E-state index contributed by atoms with van der Waals surface area (Å²) in [5, 5.41) is 0.954. The molecule has 2 rings (SSSR count). The van der Waals surface area contributed by atoms with Crippen molar-refractivity contribution in [3.63, 3.8) is 0 Å². The van der Waals surface area contributed by atoms with Crippen LogP contribution in [0.15, 0.2) is 18.3 Å². The Kier molecular flexibility index (Phi) is 4.40. The van der Waals surface area contributed by atoms with E-state index in [1.807, 2.05) is 0 Å². The van der Waals surface area contributed by atoms with Crippen molar-refractivity contribution >= 4 is 45.8 Å². The molecule has 2 aromatic rings. The van der Waals surface area contributed by atoms with Crippen LogP contribution >= 0.6 is 45.8 Å². The summed E-state index contributed by atoms with van der Waals surface area (Å²) < 4.78 is 0.875. The molecule has 0 aliphatic carbocycles. The van der Waals surface area contributed by atoms with E-state index in [0.29, 0.717) is 21.7 Å². The summed E-state index contributed by atoms with van der Waals surface area (Å²) in [6.07, 6.45) is 1.66. The van der Waals surface area contributed by atoms with Crippen LogP contribution in [0.25, 0.3) is 11.5 Å². The minimum Gasteiger partial charge on any atom is -0.251 e. The molecule has 3 nitrogen and oxygen atoms in total. The number of hydrogen-bond donors (Lipinski definition) is 0. The highest BCUT2D eigenvalue weighted by molar-refractivity contribution is 14.1. The first-order chi connectivity index (χ1) is 8.50. The molecule has 0 radical (unpaired) electrons. The van der Waals surface area contributed by atoms with Crippen molar-refractivity contribution in [3.05, 3.63) is 37.8 Å². The third-order valence-electron chi connectivity index (χ3n) is 2.35. The maximum absolute atomic E-state index is 6.14. The second kappa shape index (κ2) is 5.67. The highest BCUT2D eigenvalue weighted by Gasteiger charge is 2.16. The molecule has 2 aromatic heterocycles. The first-order valence-corrected chi connectivity index (χ1v) is 7.18. The van der Waals surface area contributed by atoms with Gasteiger partial charge in [-0.1, -0.05) is 37.0 Å². The van der Waals surface area contributed by atoms with Gasteiger partial charge in [-0.3, -0.25) is 4.98 Å². The summed E-state index contributed by atoms with van der Waals surface area (Å²) in [7, 11) is 0. The molecule has 0 bridgehead atoms. The van der Waals surface area contributed by atoms with Crippen LogP contribution in [-0.4, -0.2) is 15.0 Å². The minimum atomic E-state index is 0.263. The van der Waals surface area contributed by atoms with E-state index in [1.165, 1.54) is 0 Å². The third kappa shape index (κ3) is 2.75. The van der Waals surface area contributed by atoms with Gasteiger partial charge in [-0.2, -0.15) is 0 Å². The summed E-state index contributed by atoms with van der Waals surface area (Å²) in [6.45, 7) is 4.12. The number of nitrogens with zero attached hydrogens (tertiary/aromatic N) is 3. The SMILES string of the molecule is CC(C)c1nc(-c2ncccc2Cl)nc(Cl)c1I. The van der Waals surface area contributed by atoms with Gasteiger partial charge in [-0.25, -0.2) is 9.97 Å². The quantitative estimate of drug-likeness (QED) is 0.554. The van der Waals surface area contributed by atoms with E-state index in [2.05, 4.69) is 51.4 Å². The fourth-order valence-corrected chi connectivity index (χ4v) is 2.72. The molecule has 0 amide bonds. The lowest BCUT2D eigenvalue weighted by Gasteiger charge is -2.11. The van der Waals surface area contributed by atoms with E-state index in [0.717, 1.165) is 9.26 Å². The van der Waals surface area contributed by atoms with Crippen molar-refractivity contribution < 1.29 is 0 Å². The molecular formula is C12H10Cl2IN3. The summed E-state index contributed by atoms with van der Waals surface area (Å²) in [4.78, 5) is 13.0. The molecule has 0 aliphatic heterocycles. The Hall–Kier alpha value is -0.460. The number of hydrogen-bond acceptors (Lipinski definition) is 3. The monoisotopic (exact) mass is 393 g/mol. The summed E-state index contributed by atoms with van der Waals surface area (Å²) >= 11 is 14.4. The van der Waals surface area contributed by atoms with Gasteiger partial charge in [0.1, 0.15) is 10.8 Å². The van der Waals surface area contributed by atoms with Crippen molar-refractivity contribution in [2.75, 3.05) is 0 Å². The van der Waals surface area contributed by atoms with Crippen molar-refractivity contribution in [2.24, 2.45) is 0 Å². The highest BCUT2D eigenvalue weighted by atomic mass is 127. The third-order valence-corrected chi connectivity index (χ3v) is 4.31. The minimum absolute atomic E-state index is 0.263. The van der Waals surface area contributed by atoms with E-state index in [1.54, 1.807) is 18.3 Å². The average Bonchev–Trinajstić information content (AvgIpc) is 2.33. The molecule has 0 fully saturated rings. The van der Waals surface area contributed by atoms with E-state index in [9.17, 15) is 0 Å². The Morgan fingerprint density at radius 2 is 1.94 bits per heavy atom. The van der Waals surface area contributed by atoms with Crippen LogP contribution < -0.4 is 0 Å². The summed E-state index contributed by atoms with van der Waals surface area (Å²) in [5.74, 6) is 0.730. The van der Waals surface area contributed by atoms with E-state index < -0.39 is 0 Å². The van der Waals surface area contributed by atoms with Gasteiger partial charge in [-0.15, -0.1) is 0 Å². The van der Waals surface area contributed by atoms with Crippen molar-refractivity contribution in [1.82, 2.24) is 15.0 Å². The fourth-order valence-electron chi connectivity index (χ4n) is 1.47. The van der Waals surface area contributed by atoms with Gasteiger partial charge in [0.2, 0.25) is 0 Å². The molecule has 0 atom stereocenters. The Morgan fingerprint density at radius 3 is 2.56 bits per heavy atom. The largest absolute Gasteiger partial charge is 0.251 e. The normalized spacial score (nSPS) is 11.0. The van der Waals surface area contributed by atoms with Crippen LogP contribution in [0.5, 0.6) is 0 Å². The zero-order valence-electron chi connectivity index (χ0n) is 9.78. The summed E-state index contributed by atoms with van der Waals surface area (Å²) in [5.41, 5.74) is 1.46. The molecule has 0 aliphatic rings. The van der Waals surface area contributed by atoms with Crippen molar-refractivity contribution in [1.29, 1.82) is 0 Å². The number of pyridine rings is 1. The van der Waals surface area contributed by atoms with Gasteiger partial charge in [0.15, 0.2) is 5.82 Å². The molecule has 18 heavy (non-hydrogen) atoms. The van der Waals surface area contributed by atoms with Gasteiger partial charge in [0.25, 0.3) is 0 Å². The molecule has 0 aromatic carbocycles. The lowest BCUT2D eigenvalue weighted by atomic mass is 10.1. The second-order valence-corrected chi connectivity index (χ2v) is 5.87. The van der Waals surface area contributed by atoms with Crippen LogP contribution in [0.4, 0.5) is 0 Å². The molecule has 0 unspecified atom stereocenters. The number of halogens is 3. The molecule has 0 spiro atoms. The predicted octanol–water partition coefficient (Wildman–Crippen LogP) is 4.57. The van der Waals surface area contributed by atoms with E-state index in [-0.39, 0.29) is 5.92 Å². The number of aromatic nitrogens is 3. The average molecular weight is 394 g/mol. The maximum Gasteiger partial charge on any atom is 0.181 e. The van der Waals surface area contributed by atoms with E-state index in [4.69, 9.17) is 23.2 Å². The van der Waals surface area contributed by atoms with Gasteiger partial charge >= 0.3 is 0 Å². The van der Waals surface area contributed by atoms with Crippen LogP contribution in [0.2, 0.25) is 10.2 Å². The first kappa shape index (κ1) is 14.0. The fraction of sp³-hybridized carbons (Fsp3) is 0.250. The molecule has 0 saturated heterocycles. The van der Waals surface area contributed by atoms with Crippen molar-refractivity contribution in [3.8, 4) is 11.5 Å². The molecular weight excluding hydrogens is 384 g/mol. The lowest BCUT2D eigenvalue weighted by Crippen LogP contribution is -2.03. The first-order valence-electron chi connectivity index (χ1n) is 5.34. The second-order valence-electron chi connectivity index (χ2n) is 4.03. The molecule has 6 heteroatoms. The zero-order valence-corrected chi connectivity index (χ0v) is 13.5. The Morgan fingerprint density at radius 1 is 1.22 bits per heavy atom. The van der Waals surface area contributed by atoms with Crippen LogP contribution in [-0.2, 0) is 0 Å². The van der Waals surface area contributed by atoms with Crippen LogP contribution in [0.3, 0.4) is 0 Å². The lowest BCUT2D eigenvalue weighted by molar-refractivity contribution is 0.807. The van der Waals surface area contributed by atoms with Gasteiger partial charge < -0.3 is 0 Å². The highest BCUT2D eigenvalue weighted by Crippen LogP contribution is 2.29. The van der Waals surface area contributed by atoms with E-state index >= 15 is 0 Å². The molecule has 0 N–H and O–H groups in total. The Bertz CT molecular complexity index is 588. The Balaban J connectivity index is 2.63. The van der Waals surface area contributed by atoms with Gasteiger partial charge in [0.05, 0.1) is 14.3 Å². The topological polar surface area (TPSA) is 38.7 Å². The molecule has 94 valence electrons. The Labute approximate surface area is 129 Å². The van der Waals surface area contributed by atoms with Gasteiger partial charge in [0, 0.05) is 6.20 Å².